The Hall–Kier alpha value is -3.93. The number of furan rings is 1. The highest BCUT2D eigenvalue weighted by Crippen LogP contribution is 2.44. The van der Waals surface area contributed by atoms with Crippen molar-refractivity contribution in [3.8, 4) is 5.75 Å². The van der Waals surface area contributed by atoms with Crippen molar-refractivity contribution >= 4 is 39.3 Å². The molecule has 0 atom stereocenters. The Morgan fingerprint density at radius 1 is 0.929 bits per heavy atom. The Bertz CT molecular complexity index is 1360. The molecule has 1 heterocycles. The van der Waals surface area contributed by atoms with Crippen LogP contribution < -0.4 is 0 Å². The normalized spacial score (nSPS) is 12.9. The highest BCUT2D eigenvalue weighted by molar-refractivity contribution is 6.34. The van der Waals surface area contributed by atoms with Gasteiger partial charge in [0.05, 0.1) is 18.1 Å². The number of phenolic OH excluding ortho intramolecular Hbond substituents is 1. The van der Waals surface area contributed by atoms with E-state index in [1.165, 1.54) is 7.11 Å². The molecule has 6 heteroatoms. The molecule has 0 saturated carbocycles. The van der Waals surface area contributed by atoms with Gasteiger partial charge in [0.1, 0.15) is 16.9 Å². The van der Waals surface area contributed by atoms with Crippen LogP contribution in [0.5, 0.6) is 5.75 Å². The van der Waals surface area contributed by atoms with Crippen LogP contribution in [-0.4, -0.2) is 29.8 Å². The van der Waals surface area contributed by atoms with Crippen molar-refractivity contribution in [3.63, 3.8) is 0 Å². The van der Waals surface area contributed by atoms with Crippen molar-refractivity contribution in [3.05, 3.63) is 76.5 Å². The highest BCUT2D eigenvalue weighted by atomic mass is 16.5. The van der Waals surface area contributed by atoms with Gasteiger partial charge in [0, 0.05) is 21.9 Å². The van der Waals surface area contributed by atoms with Crippen LogP contribution in [0.1, 0.15) is 42.4 Å². The van der Waals surface area contributed by atoms with Crippen molar-refractivity contribution < 1.29 is 28.6 Å². The van der Waals surface area contributed by atoms with E-state index >= 15 is 0 Å². The summed E-state index contributed by atoms with van der Waals surface area (Å²) in [6.07, 6.45) is 0. The van der Waals surface area contributed by atoms with Crippen LogP contribution >= 0.6 is 0 Å². The largest absolute Gasteiger partial charge is 0.506 e. The summed E-state index contributed by atoms with van der Waals surface area (Å²) in [6, 6.07) is 13.2. The molecule has 4 aromatic rings. The molecular formula is C22H12O6. The van der Waals surface area contributed by atoms with Gasteiger partial charge in [-0.15, -0.1) is 0 Å². The molecule has 0 amide bonds. The fourth-order valence-electron chi connectivity index (χ4n) is 3.81. The summed E-state index contributed by atoms with van der Waals surface area (Å²) in [5, 5.41) is 11.7. The third-order valence-corrected chi connectivity index (χ3v) is 5.06. The Morgan fingerprint density at radius 2 is 1.54 bits per heavy atom. The number of hydrogen-bond donors (Lipinski definition) is 1. The number of methoxy groups -OCH3 is 1. The molecule has 28 heavy (non-hydrogen) atoms. The van der Waals surface area contributed by atoms with Crippen molar-refractivity contribution in [1.82, 2.24) is 0 Å². The van der Waals surface area contributed by atoms with Crippen LogP contribution in [0.25, 0.3) is 21.7 Å². The van der Waals surface area contributed by atoms with Gasteiger partial charge in [-0.05, 0) is 0 Å². The molecule has 1 aliphatic carbocycles. The van der Waals surface area contributed by atoms with E-state index in [1.807, 2.05) is 0 Å². The van der Waals surface area contributed by atoms with Gasteiger partial charge in [-0.2, -0.15) is 0 Å². The van der Waals surface area contributed by atoms with E-state index in [9.17, 15) is 19.5 Å². The number of aromatic hydroxyl groups is 1. The van der Waals surface area contributed by atoms with Gasteiger partial charge < -0.3 is 14.3 Å². The number of ketones is 2. The average molecular weight is 372 g/mol. The molecule has 1 aliphatic rings. The molecule has 0 radical (unpaired) electrons. The third kappa shape index (κ3) is 1.89. The molecule has 136 valence electrons. The Kier molecular flexibility index (Phi) is 3.21. The number of fused-ring (bicyclic) bond motifs is 6. The van der Waals surface area contributed by atoms with Gasteiger partial charge in [-0.1, -0.05) is 48.5 Å². The van der Waals surface area contributed by atoms with E-state index in [4.69, 9.17) is 9.15 Å². The molecule has 1 aromatic heterocycles. The number of carbonyl (C=O) groups is 3. The summed E-state index contributed by atoms with van der Waals surface area (Å²) < 4.78 is 10.7. The summed E-state index contributed by atoms with van der Waals surface area (Å²) in [7, 11) is 1.18. The second kappa shape index (κ2) is 5.53. The molecule has 3 aromatic carbocycles. The molecule has 0 aliphatic heterocycles. The fraction of sp³-hybridized carbons (Fsp3) is 0.0455. The standard InChI is InChI=1S/C22H12O6/c1-27-22(26)16-14-15-17(23)10-6-2-3-7-11(10)19(25)21(15)28-20(14)13-9-5-4-8-12(13)18(16)24/h2-9,24H,1H3. The first-order chi connectivity index (χ1) is 13.5. The van der Waals surface area contributed by atoms with E-state index in [0.717, 1.165) is 0 Å². The monoisotopic (exact) mass is 372 g/mol. The Labute approximate surface area is 157 Å². The minimum atomic E-state index is -0.823. The van der Waals surface area contributed by atoms with Gasteiger partial charge in [0.2, 0.25) is 5.78 Å². The maximum absolute atomic E-state index is 13.2. The van der Waals surface area contributed by atoms with E-state index in [1.54, 1.807) is 48.5 Å². The van der Waals surface area contributed by atoms with Crippen molar-refractivity contribution in [2.75, 3.05) is 7.11 Å². The SMILES string of the molecule is COC(=O)c1c(O)c2ccccc2c2oc3c(c12)C(=O)c1ccccc1C3=O. The van der Waals surface area contributed by atoms with Crippen molar-refractivity contribution in [1.29, 1.82) is 0 Å². The number of esters is 1. The lowest BCUT2D eigenvalue weighted by Gasteiger charge is -2.13. The average Bonchev–Trinajstić information content (AvgIpc) is 3.13. The fourth-order valence-corrected chi connectivity index (χ4v) is 3.81. The van der Waals surface area contributed by atoms with Crippen LogP contribution in [0.2, 0.25) is 0 Å². The molecule has 0 spiro atoms. The first kappa shape index (κ1) is 16.3. The predicted molar refractivity (Wildman–Crippen MR) is 100 cm³/mol. The van der Waals surface area contributed by atoms with Gasteiger partial charge in [-0.25, -0.2) is 4.79 Å². The maximum atomic E-state index is 13.2. The van der Waals surface area contributed by atoms with Crippen molar-refractivity contribution in [2.45, 2.75) is 0 Å². The minimum Gasteiger partial charge on any atom is -0.506 e. The van der Waals surface area contributed by atoms with Gasteiger partial charge >= 0.3 is 5.97 Å². The molecule has 0 saturated heterocycles. The van der Waals surface area contributed by atoms with Crippen LogP contribution in [-0.2, 0) is 4.74 Å². The van der Waals surface area contributed by atoms with Crippen molar-refractivity contribution in [2.24, 2.45) is 0 Å². The molecule has 6 nitrogen and oxygen atoms in total. The van der Waals surface area contributed by atoms with Crippen LogP contribution in [0.15, 0.2) is 52.9 Å². The predicted octanol–water partition coefficient (Wildman–Crippen LogP) is 3.85. The molecule has 0 unspecified atom stereocenters. The minimum absolute atomic E-state index is 0.0276. The number of hydrogen-bond acceptors (Lipinski definition) is 6. The molecule has 0 bridgehead atoms. The molecule has 5 rings (SSSR count). The summed E-state index contributed by atoms with van der Waals surface area (Å²) in [6.45, 7) is 0. The third-order valence-electron chi connectivity index (χ3n) is 5.06. The van der Waals surface area contributed by atoms with Crippen LogP contribution in [0, 0.1) is 0 Å². The lowest BCUT2D eigenvalue weighted by atomic mass is 9.85. The molecule has 1 N–H and O–H groups in total. The van der Waals surface area contributed by atoms with Crippen LogP contribution in [0.3, 0.4) is 0 Å². The number of rotatable bonds is 1. The van der Waals surface area contributed by atoms with Gasteiger partial charge in [0.15, 0.2) is 11.5 Å². The molecule has 0 fully saturated rings. The second-order valence-electron chi connectivity index (χ2n) is 6.47. The topological polar surface area (TPSA) is 93.8 Å². The van der Waals surface area contributed by atoms with E-state index in [-0.39, 0.29) is 44.7 Å². The summed E-state index contributed by atoms with van der Waals surface area (Å²) in [4.78, 5) is 38.7. The first-order valence-electron chi connectivity index (χ1n) is 8.51. The maximum Gasteiger partial charge on any atom is 0.342 e. The Balaban J connectivity index is 2.02. The Morgan fingerprint density at radius 3 is 2.21 bits per heavy atom. The quantitative estimate of drug-likeness (QED) is 0.449. The zero-order chi connectivity index (χ0) is 19.6. The summed E-state index contributed by atoms with van der Waals surface area (Å²) in [5.74, 6) is -2.17. The first-order valence-corrected chi connectivity index (χ1v) is 8.51. The van der Waals surface area contributed by atoms with E-state index in [0.29, 0.717) is 10.8 Å². The van der Waals surface area contributed by atoms with Gasteiger partial charge in [-0.3, -0.25) is 9.59 Å². The number of benzene rings is 3. The number of ether oxygens (including phenoxy) is 1. The van der Waals surface area contributed by atoms with E-state index < -0.39 is 17.5 Å². The highest BCUT2D eigenvalue weighted by Gasteiger charge is 2.38. The van der Waals surface area contributed by atoms with E-state index in [2.05, 4.69) is 0 Å². The molecular weight excluding hydrogens is 360 g/mol. The zero-order valence-corrected chi connectivity index (χ0v) is 14.6. The van der Waals surface area contributed by atoms with Gasteiger partial charge in [0.25, 0.3) is 0 Å². The zero-order valence-electron chi connectivity index (χ0n) is 14.6. The summed E-state index contributed by atoms with van der Waals surface area (Å²) >= 11 is 0. The van der Waals surface area contributed by atoms with Crippen LogP contribution in [0.4, 0.5) is 0 Å². The number of phenols is 1. The summed E-state index contributed by atoms with van der Waals surface area (Å²) in [5.41, 5.74) is 0.438. The second-order valence-corrected chi connectivity index (χ2v) is 6.47. The lowest BCUT2D eigenvalue weighted by molar-refractivity contribution is 0.0600. The lowest BCUT2D eigenvalue weighted by Crippen LogP contribution is -2.19. The smallest absolute Gasteiger partial charge is 0.342 e. The number of carbonyl (C=O) groups excluding carboxylic acids is 3.